The van der Waals surface area contributed by atoms with E-state index in [4.69, 9.17) is 31.9 Å². The van der Waals surface area contributed by atoms with Gasteiger partial charge in [0.15, 0.2) is 6.20 Å². The lowest BCUT2D eigenvalue weighted by molar-refractivity contribution is -0.205. The number of aromatic amines is 1. The average molecular weight is 447 g/mol. The highest BCUT2D eigenvalue weighted by Crippen LogP contribution is 2.55. The lowest BCUT2D eigenvalue weighted by atomic mass is 10.1. The molecule has 0 amide bonds. The van der Waals surface area contributed by atoms with Gasteiger partial charge < -0.3 is 19.5 Å². The Bertz CT molecular complexity index is 1150. The van der Waals surface area contributed by atoms with E-state index in [-0.39, 0.29) is 17.0 Å². The standard InChI is InChI=1S/C16H16FN2O8PS/c17-16(8-25-28(23)24-7-9-3-1-2-4-10(9)27-28)13(21)12(20)14(26-16)19-6-5-11(29)18-15(19)22/h1-6,12-14,20-21H,7-8H2,(H,18,22,29)/t12-,13+,14-,16-,28?/m1/s1/i14D. The van der Waals surface area contributed by atoms with E-state index < -0.39 is 44.4 Å². The number of phosphoric acid groups is 1. The molecule has 2 aliphatic heterocycles. The summed E-state index contributed by atoms with van der Waals surface area (Å²) in [4.78, 5) is 14.3. The topological polar surface area (TPSA) is 132 Å². The molecule has 29 heavy (non-hydrogen) atoms. The second-order valence-corrected chi connectivity index (χ2v) is 8.32. The molecule has 13 heteroatoms. The molecule has 1 saturated heterocycles. The van der Waals surface area contributed by atoms with Crippen LogP contribution in [0.4, 0.5) is 4.39 Å². The molecule has 1 aromatic heterocycles. The molecule has 1 aromatic carbocycles. The van der Waals surface area contributed by atoms with Crippen LogP contribution >= 0.6 is 20.0 Å². The van der Waals surface area contributed by atoms with E-state index in [1.807, 2.05) is 0 Å². The first-order valence-electron chi connectivity index (χ1n) is 8.81. The Morgan fingerprint density at radius 3 is 2.97 bits per heavy atom. The molecule has 0 saturated carbocycles. The first-order chi connectivity index (χ1) is 14.1. The maximum absolute atomic E-state index is 15.3. The number of para-hydroxylation sites is 1. The van der Waals surface area contributed by atoms with E-state index in [0.717, 1.165) is 6.20 Å². The zero-order valence-corrected chi connectivity index (χ0v) is 16.3. The van der Waals surface area contributed by atoms with Crippen LogP contribution in [0.2, 0.25) is 0 Å². The zero-order chi connectivity index (χ0) is 21.7. The highest BCUT2D eigenvalue weighted by molar-refractivity contribution is 7.71. The fraction of sp³-hybridized carbons (Fsp3) is 0.375. The summed E-state index contributed by atoms with van der Waals surface area (Å²) in [6.45, 7) is -1.34. The third-order valence-electron chi connectivity index (χ3n) is 4.31. The van der Waals surface area contributed by atoms with Gasteiger partial charge >= 0.3 is 13.5 Å². The molecule has 0 aliphatic carbocycles. The number of H-pyrrole nitrogens is 1. The maximum Gasteiger partial charge on any atom is 0.530 e. The first-order valence-corrected chi connectivity index (χ1v) is 10.2. The van der Waals surface area contributed by atoms with Gasteiger partial charge in [0.1, 0.15) is 29.2 Å². The quantitative estimate of drug-likeness (QED) is 0.472. The number of aromatic nitrogens is 2. The van der Waals surface area contributed by atoms with Crippen molar-refractivity contribution in [3.05, 3.63) is 57.2 Å². The minimum Gasteiger partial charge on any atom is -0.404 e. The van der Waals surface area contributed by atoms with Crippen LogP contribution in [-0.2, 0) is 25.0 Å². The van der Waals surface area contributed by atoms with Crippen molar-refractivity contribution in [2.24, 2.45) is 0 Å². The van der Waals surface area contributed by atoms with Gasteiger partial charge in [-0.25, -0.2) is 13.8 Å². The molecule has 156 valence electrons. The molecule has 3 heterocycles. The van der Waals surface area contributed by atoms with Crippen LogP contribution in [0.1, 0.15) is 13.1 Å². The Hall–Kier alpha value is -1.92. The van der Waals surface area contributed by atoms with E-state index in [0.29, 0.717) is 10.1 Å². The Morgan fingerprint density at radius 2 is 2.21 bits per heavy atom. The van der Waals surface area contributed by atoms with Crippen LogP contribution in [0.3, 0.4) is 0 Å². The van der Waals surface area contributed by atoms with Crippen LogP contribution in [0, 0.1) is 4.64 Å². The van der Waals surface area contributed by atoms with Crippen LogP contribution in [-0.4, -0.2) is 44.4 Å². The Morgan fingerprint density at radius 1 is 1.45 bits per heavy atom. The van der Waals surface area contributed by atoms with Crippen molar-refractivity contribution in [1.29, 1.82) is 0 Å². The van der Waals surface area contributed by atoms with Crippen molar-refractivity contribution < 1.29 is 38.8 Å². The number of alkyl halides is 1. The van der Waals surface area contributed by atoms with E-state index in [1.165, 1.54) is 12.1 Å². The van der Waals surface area contributed by atoms with Gasteiger partial charge in [-0.15, -0.1) is 0 Å². The minimum absolute atomic E-state index is 0.0349. The van der Waals surface area contributed by atoms with Gasteiger partial charge in [-0.3, -0.25) is 18.6 Å². The molecule has 1 fully saturated rings. The summed E-state index contributed by atoms with van der Waals surface area (Å²) in [6, 6.07) is 7.75. The second kappa shape index (κ2) is 7.40. The molecular weight excluding hydrogens is 430 g/mol. The summed E-state index contributed by atoms with van der Waals surface area (Å²) >= 11 is 4.79. The van der Waals surface area contributed by atoms with Crippen LogP contribution in [0.25, 0.3) is 0 Å². The predicted molar refractivity (Wildman–Crippen MR) is 97.3 cm³/mol. The van der Waals surface area contributed by atoms with Gasteiger partial charge in [0, 0.05) is 11.8 Å². The highest BCUT2D eigenvalue weighted by atomic mass is 32.1. The van der Waals surface area contributed by atoms with Gasteiger partial charge in [0.25, 0.3) is 5.85 Å². The van der Waals surface area contributed by atoms with Gasteiger partial charge in [-0.2, -0.15) is 0 Å². The number of nitrogens with zero attached hydrogens (tertiary/aromatic N) is 1. The van der Waals surface area contributed by atoms with Crippen molar-refractivity contribution >= 4 is 20.0 Å². The fourth-order valence-electron chi connectivity index (χ4n) is 2.80. The zero-order valence-electron chi connectivity index (χ0n) is 15.6. The monoisotopic (exact) mass is 447 g/mol. The summed E-state index contributed by atoms with van der Waals surface area (Å²) < 4.78 is 56.9. The number of aliphatic hydroxyl groups is 2. The smallest absolute Gasteiger partial charge is 0.404 e. The molecule has 1 unspecified atom stereocenters. The largest absolute Gasteiger partial charge is 0.530 e. The number of hydrogen-bond donors (Lipinski definition) is 3. The van der Waals surface area contributed by atoms with E-state index in [2.05, 4.69) is 4.98 Å². The van der Waals surface area contributed by atoms with Crippen LogP contribution < -0.4 is 10.2 Å². The van der Waals surface area contributed by atoms with Crippen molar-refractivity contribution in [2.75, 3.05) is 6.61 Å². The van der Waals surface area contributed by atoms with Crippen molar-refractivity contribution in [3.63, 3.8) is 0 Å². The molecule has 10 nitrogen and oxygen atoms in total. The summed E-state index contributed by atoms with van der Waals surface area (Å²) in [5.41, 5.74) is -0.377. The van der Waals surface area contributed by atoms with Crippen LogP contribution in [0.15, 0.2) is 41.3 Å². The molecule has 4 rings (SSSR count). The van der Waals surface area contributed by atoms with Crippen molar-refractivity contribution in [3.8, 4) is 5.75 Å². The van der Waals surface area contributed by atoms with E-state index in [1.54, 1.807) is 18.2 Å². The number of phosphoric ester groups is 1. The molecule has 3 N–H and O–H groups in total. The van der Waals surface area contributed by atoms with E-state index >= 15 is 4.39 Å². The van der Waals surface area contributed by atoms with Gasteiger partial charge in [0.2, 0.25) is 0 Å². The Kier molecular flexibility index (Phi) is 4.87. The Labute approximate surface area is 169 Å². The lowest BCUT2D eigenvalue weighted by Gasteiger charge is -2.28. The summed E-state index contributed by atoms with van der Waals surface area (Å²) in [7, 11) is -4.28. The maximum atomic E-state index is 15.3. The van der Waals surface area contributed by atoms with Crippen LogP contribution in [0.5, 0.6) is 5.75 Å². The summed E-state index contributed by atoms with van der Waals surface area (Å²) in [6.07, 6.45) is -6.29. The summed E-state index contributed by atoms with van der Waals surface area (Å²) in [5, 5.41) is 20.4. The van der Waals surface area contributed by atoms with Gasteiger partial charge in [0.05, 0.1) is 7.98 Å². The molecule has 0 spiro atoms. The minimum atomic E-state index is -4.28. The third kappa shape index (κ3) is 3.80. The second-order valence-electron chi connectivity index (χ2n) is 6.29. The molecule has 2 aliphatic rings. The fourth-order valence-corrected chi connectivity index (χ4v) is 4.18. The molecule has 2 aromatic rings. The van der Waals surface area contributed by atoms with Crippen molar-refractivity contribution in [1.82, 2.24) is 9.55 Å². The highest BCUT2D eigenvalue weighted by Gasteiger charge is 2.57. The van der Waals surface area contributed by atoms with Gasteiger partial charge in [-0.1, -0.05) is 30.4 Å². The first kappa shape index (κ1) is 19.1. The molecule has 0 radical (unpaired) electrons. The van der Waals surface area contributed by atoms with Crippen molar-refractivity contribution in [2.45, 2.75) is 30.9 Å². The number of rotatable bonds is 4. The number of aliphatic hydroxyl groups excluding tert-OH is 2. The number of hydrogen-bond acceptors (Lipinski definition) is 9. The number of nitrogens with one attached hydrogen (secondary N) is 1. The molecule has 5 atom stereocenters. The number of benzene rings is 1. The third-order valence-corrected chi connectivity index (χ3v) is 5.86. The molecular formula is C16H16FN2O8PS. The number of ether oxygens (including phenoxy) is 1. The lowest BCUT2D eigenvalue weighted by Crippen LogP contribution is -2.43. The summed E-state index contributed by atoms with van der Waals surface area (Å²) in [5.74, 6) is -3.00. The SMILES string of the molecule is [2H][C@@]1(n2ccc(=S)[nH]c2=O)O[C@](F)(COP2(=O)OCc3ccccc3O2)[C@@H](O)[C@H]1O. The normalized spacial score (nSPS) is 36.9. The predicted octanol–water partition coefficient (Wildman–Crippen LogP) is 1.56. The number of halogens is 1. The average Bonchev–Trinajstić information content (AvgIpc) is 2.87. The number of fused-ring (bicyclic) bond motifs is 1. The Balaban J connectivity index is 1.55. The van der Waals surface area contributed by atoms with Gasteiger partial charge in [-0.05, 0) is 12.1 Å². The molecule has 0 bridgehead atoms. The van der Waals surface area contributed by atoms with E-state index in [9.17, 15) is 19.6 Å².